The largest absolute Gasteiger partial charge is 0.493 e. The lowest BCUT2D eigenvalue weighted by molar-refractivity contribution is 0.0954. The van der Waals surface area contributed by atoms with Crippen molar-refractivity contribution >= 4 is 34.7 Å². The van der Waals surface area contributed by atoms with Crippen LogP contribution in [0.5, 0.6) is 23.0 Å². The Morgan fingerprint density at radius 1 is 1.06 bits per heavy atom. The Hall–Kier alpha value is -3.01. The first-order chi connectivity index (χ1) is 15.0. The van der Waals surface area contributed by atoms with Crippen LogP contribution in [0.4, 0.5) is 0 Å². The van der Waals surface area contributed by atoms with Crippen molar-refractivity contribution in [2.24, 2.45) is 5.10 Å². The van der Waals surface area contributed by atoms with Crippen LogP contribution in [0.15, 0.2) is 60.7 Å². The van der Waals surface area contributed by atoms with Crippen LogP contribution in [0, 0.1) is 3.57 Å². The Balaban J connectivity index is 2.12. The molecule has 0 radical (unpaired) electrons. The summed E-state index contributed by atoms with van der Waals surface area (Å²) in [4.78, 5) is 12.5. The minimum atomic E-state index is -0.375. The molecule has 0 aliphatic heterocycles. The van der Waals surface area contributed by atoms with Gasteiger partial charge >= 0.3 is 0 Å². The predicted molar refractivity (Wildman–Crippen MR) is 130 cm³/mol. The van der Waals surface area contributed by atoms with Crippen LogP contribution >= 0.6 is 22.6 Å². The number of nitrogens with one attached hydrogen (secondary N) is 1. The number of carbonyl (C=O) groups excluding carboxylic acids is 1. The second-order valence-electron chi connectivity index (χ2n) is 6.03. The molecule has 0 heterocycles. The van der Waals surface area contributed by atoms with Crippen molar-refractivity contribution in [1.82, 2.24) is 5.43 Å². The molecule has 0 aromatic heterocycles. The fraction of sp³-hybridized carbons (Fsp3) is 0.217. The van der Waals surface area contributed by atoms with Gasteiger partial charge in [-0.05, 0) is 65.4 Å². The molecule has 0 bridgehead atoms. The zero-order valence-corrected chi connectivity index (χ0v) is 19.7. The number of amides is 1. The third-order valence-electron chi connectivity index (χ3n) is 3.84. The summed E-state index contributed by atoms with van der Waals surface area (Å²) in [7, 11) is 1.56. The molecule has 0 unspecified atom stereocenters. The van der Waals surface area contributed by atoms with Crippen LogP contribution in [0.1, 0.15) is 22.8 Å². The van der Waals surface area contributed by atoms with Gasteiger partial charge in [0.15, 0.2) is 23.0 Å². The summed E-state index contributed by atoms with van der Waals surface area (Å²) in [5, 5.41) is 4.05. The van der Waals surface area contributed by atoms with Crippen LogP contribution in [0.25, 0.3) is 0 Å². The normalized spacial score (nSPS) is 10.4. The van der Waals surface area contributed by atoms with Crippen LogP contribution in [-0.4, -0.2) is 39.1 Å². The number of rotatable bonds is 12. The summed E-state index contributed by atoms with van der Waals surface area (Å²) in [6.07, 6.45) is 4.83. The van der Waals surface area contributed by atoms with Gasteiger partial charge in [0.2, 0.25) is 0 Å². The lowest BCUT2D eigenvalue weighted by Crippen LogP contribution is -2.17. The molecule has 8 heteroatoms. The SMILES string of the molecule is C=CCOc1ccc(C(=O)N/N=C/c2cc(I)c(OCC=C)c(OC)c2)cc1OCC. The van der Waals surface area contributed by atoms with Gasteiger partial charge in [0.25, 0.3) is 5.91 Å². The molecule has 2 rings (SSSR count). The van der Waals surface area contributed by atoms with Crippen LogP contribution < -0.4 is 24.4 Å². The number of halogens is 1. The molecule has 0 aliphatic carbocycles. The third-order valence-corrected chi connectivity index (χ3v) is 4.64. The molecular formula is C23H25IN2O5. The molecule has 0 aliphatic rings. The van der Waals surface area contributed by atoms with Gasteiger partial charge in [0, 0.05) is 5.56 Å². The molecule has 1 amide bonds. The number of hydrogen-bond donors (Lipinski definition) is 1. The van der Waals surface area contributed by atoms with Gasteiger partial charge in [-0.25, -0.2) is 5.43 Å². The first-order valence-corrected chi connectivity index (χ1v) is 10.6. The molecule has 1 N–H and O–H groups in total. The van der Waals surface area contributed by atoms with E-state index in [2.05, 4.69) is 46.3 Å². The van der Waals surface area contributed by atoms with E-state index in [4.69, 9.17) is 18.9 Å². The molecule has 2 aromatic rings. The van der Waals surface area contributed by atoms with Gasteiger partial charge in [-0.1, -0.05) is 25.3 Å². The summed E-state index contributed by atoms with van der Waals surface area (Å²) in [5.74, 6) is 1.85. The Bertz CT molecular complexity index is 959. The van der Waals surface area contributed by atoms with Gasteiger partial charge in [-0.15, -0.1) is 0 Å². The van der Waals surface area contributed by atoms with Crippen molar-refractivity contribution in [3.05, 3.63) is 70.3 Å². The molecule has 0 fully saturated rings. The Labute approximate surface area is 195 Å². The minimum absolute atomic E-state index is 0.343. The highest BCUT2D eigenvalue weighted by atomic mass is 127. The summed E-state index contributed by atoms with van der Waals surface area (Å²) < 4.78 is 23.0. The zero-order valence-electron chi connectivity index (χ0n) is 17.5. The number of hydrogen-bond acceptors (Lipinski definition) is 6. The monoisotopic (exact) mass is 536 g/mol. The first-order valence-electron chi connectivity index (χ1n) is 9.49. The molecule has 31 heavy (non-hydrogen) atoms. The number of nitrogens with zero attached hydrogens (tertiary/aromatic N) is 1. The maximum absolute atomic E-state index is 12.5. The smallest absolute Gasteiger partial charge is 0.271 e. The molecule has 2 aromatic carbocycles. The van der Waals surface area contributed by atoms with Gasteiger partial charge in [-0.3, -0.25) is 4.79 Å². The highest BCUT2D eigenvalue weighted by Gasteiger charge is 2.12. The van der Waals surface area contributed by atoms with E-state index >= 15 is 0 Å². The lowest BCUT2D eigenvalue weighted by Gasteiger charge is -2.12. The molecule has 0 atom stereocenters. The van der Waals surface area contributed by atoms with Gasteiger partial charge < -0.3 is 18.9 Å². The molecule has 164 valence electrons. The number of ether oxygens (including phenoxy) is 4. The second kappa shape index (κ2) is 12.6. The van der Waals surface area contributed by atoms with Gasteiger partial charge in [0.1, 0.15) is 13.2 Å². The second-order valence-corrected chi connectivity index (χ2v) is 7.19. The molecular weight excluding hydrogens is 511 g/mol. The fourth-order valence-electron chi connectivity index (χ4n) is 2.51. The maximum atomic E-state index is 12.5. The average molecular weight is 536 g/mol. The predicted octanol–water partition coefficient (Wildman–Crippen LogP) is 4.59. The third kappa shape index (κ3) is 7.02. The van der Waals surface area contributed by atoms with E-state index in [-0.39, 0.29) is 5.91 Å². The number of benzene rings is 2. The minimum Gasteiger partial charge on any atom is -0.493 e. The number of methoxy groups -OCH3 is 1. The lowest BCUT2D eigenvalue weighted by atomic mass is 10.2. The first kappa shape index (κ1) is 24.3. The molecule has 0 spiro atoms. The molecule has 7 nitrogen and oxygen atoms in total. The van der Waals surface area contributed by atoms with Gasteiger partial charge in [0.05, 0.1) is 23.5 Å². The van der Waals surface area contributed by atoms with Crippen LogP contribution in [0.3, 0.4) is 0 Å². The average Bonchev–Trinajstić information content (AvgIpc) is 2.77. The summed E-state index contributed by atoms with van der Waals surface area (Å²) in [6.45, 7) is 10.3. The van der Waals surface area contributed by atoms with Crippen molar-refractivity contribution < 1.29 is 23.7 Å². The van der Waals surface area contributed by atoms with E-state index < -0.39 is 0 Å². The highest BCUT2D eigenvalue weighted by molar-refractivity contribution is 14.1. The zero-order chi connectivity index (χ0) is 22.6. The van der Waals surface area contributed by atoms with E-state index in [0.29, 0.717) is 48.4 Å². The Morgan fingerprint density at radius 3 is 2.48 bits per heavy atom. The quantitative estimate of drug-likeness (QED) is 0.186. The maximum Gasteiger partial charge on any atom is 0.271 e. The Morgan fingerprint density at radius 2 is 1.81 bits per heavy atom. The standard InChI is InChI=1S/C23H25IN2O5/c1-5-10-30-19-9-8-17(14-20(19)29-7-3)23(27)26-25-15-16-12-18(24)22(31-11-6-2)21(13-16)28-4/h5-6,8-9,12-15H,1-2,7,10-11H2,3-4H3,(H,26,27)/b25-15+. The van der Waals surface area contributed by atoms with E-state index in [1.165, 1.54) is 6.21 Å². The highest BCUT2D eigenvalue weighted by Crippen LogP contribution is 2.33. The van der Waals surface area contributed by atoms with Crippen LogP contribution in [-0.2, 0) is 0 Å². The van der Waals surface area contributed by atoms with E-state index in [0.717, 1.165) is 9.13 Å². The van der Waals surface area contributed by atoms with Crippen molar-refractivity contribution in [3.63, 3.8) is 0 Å². The van der Waals surface area contributed by atoms with E-state index in [1.54, 1.807) is 43.5 Å². The van der Waals surface area contributed by atoms with Crippen molar-refractivity contribution in [3.8, 4) is 23.0 Å². The summed E-state index contributed by atoms with van der Waals surface area (Å²) in [5.41, 5.74) is 3.66. The van der Waals surface area contributed by atoms with Crippen LogP contribution in [0.2, 0.25) is 0 Å². The number of carbonyl (C=O) groups is 1. The summed E-state index contributed by atoms with van der Waals surface area (Å²) >= 11 is 2.15. The number of hydrazone groups is 1. The van der Waals surface area contributed by atoms with E-state index in [9.17, 15) is 4.79 Å². The van der Waals surface area contributed by atoms with E-state index in [1.807, 2.05) is 13.0 Å². The molecule has 0 saturated heterocycles. The van der Waals surface area contributed by atoms with Crippen molar-refractivity contribution in [2.75, 3.05) is 26.9 Å². The van der Waals surface area contributed by atoms with Gasteiger partial charge in [-0.2, -0.15) is 5.10 Å². The van der Waals surface area contributed by atoms with Crippen molar-refractivity contribution in [2.45, 2.75) is 6.92 Å². The molecule has 0 saturated carbocycles. The summed E-state index contributed by atoms with van der Waals surface area (Å²) in [6, 6.07) is 8.58. The topological polar surface area (TPSA) is 78.4 Å². The Kier molecular flexibility index (Phi) is 9.89. The van der Waals surface area contributed by atoms with Crippen molar-refractivity contribution in [1.29, 1.82) is 0 Å². The fourth-order valence-corrected chi connectivity index (χ4v) is 3.29.